The monoisotopic (exact) mass is 306 g/mol. The highest BCUT2D eigenvalue weighted by atomic mass is 35.5. The van der Waals surface area contributed by atoms with Crippen molar-refractivity contribution < 1.29 is 17.6 Å². The molecule has 104 valence electrons. The van der Waals surface area contributed by atoms with Crippen molar-refractivity contribution in [3.63, 3.8) is 0 Å². The molecule has 1 saturated heterocycles. The molecule has 1 amide bonds. The molecule has 2 rings (SSSR count). The summed E-state index contributed by atoms with van der Waals surface area (Å²) in [6.45, 7) is 1.16. The van der Waals surface area contributed by atoms with E-state index in [0.29, 0.717) is 13.1 Å². The van der Waals surface area contributed by atoms with E-state index >= 15 is 0 Å². The first-order chi connectivity index (χ1) is 8.80. The molecule has 0 aromatic heterocycles. The average molecular weight is 307 g/mol. The summed E-state index contributed by atoms with van der Waals surface area (Å²) in [5.41, 5.74) is -0.0472. The van der Waals surface area contributed by atoms with Gasteiger partial charge in [0.2, 0.25) is 10.0 Å². The summed E-state index contributed by atoms with van der Waals surface area (Å²) < 4.78 is 36.0. The molecule has 8 heteroatoms. The fourth-order valence-electron chi connectivity index (χ4n) is 2.00. The van der Waals surface area contributed by atoms with Gasteiger partial charge in [-0.2, -0.15) is 0 Å². The Morgan fingerprint density at radius 2 is 1.89 bits per heavy atom. The molecule has 1 heterocycles. The van der Waals surface area contributed by atoms with Crippen LogP contribution in [-0.2, 0) is 10.0 Å². The Hall–Kier alpha value is -1.18. The second-order valence-corrected chi connectivity index (χ2v) is 6.24. The number of hydrogen-bond acceptors (Lipinski definition) is 3. The van der Waals surface area contributed by atoms with Crippen LogP contribution >= 0.6 is 11.6 Å². The van der Waals surface area contributed by atoms with Gasteiger partial charge < -0.3 is 4.90 Å². The number of rotatable bonds is 2. The molecule has 1 aliphatic rings. The van der Waals surface area contributed by atoms with E-state index in [2.05, 4.69) is 0 Å². The summed E-state index contributed by atoms with van der Waals surface area (Å²) in [5.74, 6) is -1.47. The summed E-state index contributed by atoms with van der Waals surface area (Å²) in [7, 11) is -4.23. The molecule has 0 saturated carbocycles. The van der Waals surface area contributed by atoms with E-state index in [1.54, 1.807) is 4.90 Å². The van der Waals surface area contributed by atoms with Crippen molar-refractivity contribution in [2.24, 2.45) is 5.14 Å². The number of benzene rings is 1. The highest BCUT2D eigenvalue weighted by Gasteiger charge is 2.25. The number of amides is 1. The van der Waals surface area contributed by atoms with Crippen LogP contribution in [0.1, 0.15) is 23.2 Å². The molecule has 0 radical (unpaired) electrons. The molecule has 0 spiro atoms. The SMILES string of the molecule is NS(=O)(=O)c1cc(C(=O)N2CCCC2)c(Cl)cc1F. The van der Waals surface area contributed by atoms with Gasteiger partial charge in [-0.1, -0.05) is 11.6 Å². The highest BCUT2D eigenvalue weighted by Crippen LogP contribution is 2.25. The molecule has 19 heavy (non-hydrogen) atoms. The number of sulfonamides is 1. The number of hydrogen-bond donors (Lipinski definition) is 1. The van der Waals surface area contributed by atoms with Gasteiger partial charge in [-0.05, 0) is 25.0 Å². The molecule has 2 N–H and O–H groups in total. The fourth-order valence-corrected chi connectivity index (χ4v) is 2.85. The van der Waals surface area contributed by atoms with Crippen molar-refractivity contribution in [2.75, 3.05) is 13.1 Å². The van der Waals surface area contributed by atoms with Crippen LogP contribution in [0.25, 0.3) is 0 Å². The highest BCUT2D eigenvalue weighted by molar-refractivity contribution is 7.89. The maximum absolute atomic E-state index is 13.5. The minimum atomic E-state index is -4.23. The van der Waals surface area contributed by atoms with Gasteiger partial charge in [-0.3, -0.25) is 4.79 Å². The van der Waals surface area contributed by atoms with E-state index in [0.717, 1.165) is 25.0 Å². The van der Waals surface area contributed by atoms with Crippen molar-refractivity contribution in [3.05, 3.63) is 28.5 Å². The summed E-state index contributed by atoms with van der Waals surface area (Å²) in [6, 6.07) is 1.69. The van der Waals surface area contributed by atoms with Crippen LogP contribution in [0.3, 0.4) is 0 Å². The van der Waals surface area contributed by atoms with E-state index < -0.39 is 26.6 Å². The van der Waals surface area contributed by atoms with Gasteiger partial charge >= 0.3 is 0 Å². The first-order valence-electron chi connectivity index (χ1n) is 5.62. The predicted molar refractivity (Wildman–Crippen MR) is 67.9 cm³/mol. The molecule has 0 bridgehead atoms. The van der Waals surface area contributed by atoms with Gasteiger partial charge in [0, 0.05) is 13.1 Å². The molecular weight excluding hydrogens is 295 g/mol. The number of likely N-dealkylation sites (tertiary alicyclic amines) is 1. The van der Waals surface area contributed by atoms with Crippen molar-refractivity contribution in [2.45, 2.75) is 17.7 Å². The Labute approximate surface area is 115 Å². The van der Waals surface area contributed by atoms with E-state index in [1.807, 2.05) is 0 Å². The zero-order valence-corrected chi connectivity index (χ0v) is 11.5. The third-order valence-corrected chi connectivity index (χ3v) is 4.19. The second kappa shape index (κ2) is 5.07. The Balaban J connectivity index is 2.48. The van der Waals surface area contributed by atoms with E-state index in [4.69, 9.17) is 16.7 Å². The Kier molecular flexibility index (Phi) is 3.80. The third kappa shape index (κ3) is 2.88. The van der Waals surface area contributed by atoms with Crippen molar-refractivity contribution in [1.29, 1.82) is 0 Å². The van der Waals surface area contributed by atoms with Gasteiger partial charge in [0.1, 0.15) is 10.7 Å². The number of primary sulfonamides is 1. The summed E-state index contributed by atoms with van der Waals surface area (Å²) in [5, 5.41) is 4.77. The number of carbonyl (C=O) groups is 1. The van der Waals surface area contributed by atoms with Crippen LogP contribution in [0.15, 0.2) is 17.0 Å². The summed E-state index contributed by atoms with van der Waals surface area (Å²) in [6.07, 6.45) is 1.76. The van der Waals surface area contributed by atoms with Crippen LogP contribution in [0, 0.1) is 5.82 Å². The molecular formula is C11H12ClFN2O3S. The summed E-state index contributed by atoms with van der Waals surface area (Å²) in [4.78, 5) is 13.0. The zero-order chi connectivity index (χ0) is 14.2. The smallest absolute Gasteiger partial charge is 0.255 e. The Morgan fingerprint density at radius 1 is 1.32 bits per heavy atom. The van der Waals surface area contributed by atoms with Gasteiger partial charge in [0.25, 0.3) is 5.91 Å². The lowest BCUT2D eigenvalue weighted by Gasteiger charge is -2.16. The Bertz CT molecular complexity index is 627. The maximum Gasteiger partial charge on any atom is 0.255 e. The van der Waals surface area contributed by atoms with Crippen LogP contribution in [-0.4, -0.2) is 32.3 Å². The number of halogens is 2. The topological polar surface area (TPSA) is 80.5 Å². The molecule has 5 nitrogen and oxygen atoms in total. The average Bonchev–Trinajstić information content (AvgIpc) is 2.79. The number of nitrogens with two attached hydrogens (primary N) is 1. The lowest BCUT2D eigenvalue weighted by molar-refractivity contribution is 0.0792. The largest absolute Gasteiger partial charge is 0.339 e. The fraction of sp³-hybridized carbons (Fsp3) is 0.364. The lowest BCUT2D eigenvalue weighted by Crippen LogP contribution is -2.28. The number of nitrogens with zero attached hydrogens (tertiary/aromatic N) is 1. The first-order valence-corrected chi connectivity index (χ1v) is 7.54. The van der Waals surface area contributed by atoms with Gasteiger partial charge in [0.15, 0.2) is 0 Å². The molecule has 0 aliphatic carbocycles. The van der Waals surface area contributed by atoms with Gasteiger partial charge in [0.05, 0.1) is 10.6 Å². The number of carbonyl (C=O) groups excluding carboxylic acids is 1. The molecule has 1 fully saturated rings. The van der Waals surface area contributed by atoms with E-state index in [1.165, 1.54) is 0 Å². The summed E-state index contributed by atoms with van der Waals surface area (Å²) >= 11 is 5.80. The second-order valence-electron chi connectivity index (χ2n) is 4.31. The van der Waals surface area contributed by atoms with Crippen LogP contribution in [0.2, 0.25) is 5.02 Å². The Morgan fingerprint density at radius 3 is 2.42 bits per heavy atom. The zero-order valence-electron chi connectivity index (χ0n) is 9.90. The minimum absolute atomic E-state index is 0.0472. The van der Waals surface area contributed by atoms with Gasteiger partial charge in [-0.15, -0.1) is 0 Å². The van der Waals surface area contributed by atoms with Crippen LogP contribution in [0.5, 0.6) is 0 Å². The third-order valence-electron chi connectivity index (χ3n) is 2.95. The van der Waals surface area contributed by atoms with E-state index in [-0.39, 0.29) is 10.6 Å². The van der Waals surface area contributed by atoms with E-state index in [9.17, 15) is 17.6 Å². The minimum Gasteiger partial charge on any atom is -0.339 e. The molecule has 0 atom stereocenters. The van der Waals surface area contributed by atoms with Crippen molar-refractivity contribution in [1.82, 2.24) is 4.90 Å². The van der Waals surface area contributed by atoms with Crippen LogP contribution in [0.4, 0.5) is 4.39 Å². The first kappa shape index (κ1) is 14.2. The van der Waals surface area contributed by atoms with Crippen LogP contribution < -0.4 is 5.14 Å². The molecule has 0 unspecified atom stereocenters. The normalized spacial score (nSPS) is 15.8. The molecule has 1 aromatic rings. The standard InChI is InChI=1S/C11H12ClFN2O3S/c12-8-6-9(13)10(19(14,17)18)5-7(8)11(16)15-3-1-2-4-15/h5-6H,1-4H2,(H2,14,17,18). The predicted octanol–water partition coefficient (Wildman–Crippen LogP) is 1.36. The quantitative estimate of drug-likeness (QED) is 0.896. The van der Waals surface area contributed by atoms with Crippen molar-refractivity contribution in [3.8, 4) is 0 Å². The lowest BCUT2D eigenvalue weighted by atomic mass is 10.2. The molecule has 1 aliphatic heterocycles. The van der Waals surface area contributed by atoms with Gasteiger partial charge in [-0.25, -0.2) is 17.9 Å². The van der Waals surface area contributed by atoms with Crippen molar-refractivity contribution >= 4 is 27.5 Å². The maximum atomic E-state index is 13.5. The molecule has 1 aromatic carbocycles.